The molecule has 0 aromatic rings. The number of carbonyl (C=O) groups excluding carboxylic acids is 2. The van der Waals surface area contributed by atoms with Crippen molar-refractivity contribution in [2.24, 2.45) is 0 Å². The number of nitrogens with zero attached hydrogens (tertiary/aromatic N) is 2. The zero-order valence-electron chi connectivity index (χ0n) is 14.8. The van der Waals surface area contributed by atoms with Gasteiger partial charge in [0.05, 0.1) is 18.2 Å². The van der Waals surface area contributed by atoms with Gasteiger partial charge in [-0.2, -0.15) is 0 Å². The summed E-state index contributed by atoms with van der Waals surface area (Å²) in [6.07, 6.45) is 7.48. The van der Waals surface area contributed by atoms with Gasteiger partial charge in [-0.25, -0.2) is 0 Å². The molecular formula is C18H30N2O4. The van der Waals surface area contributed by atoms with Gasteiger partial charge < -0.3 is 19.3 Å². The number of carbonyl (C=O) groups is 2. The van der Waals surface area contributed by atoms with Crippen LogP contribution < -0.4 is 0 Å². The second kappa shape index (κ2) is 7.83. The summed E-state index contributed by atoms with van der Waals surface area (Å²) in [5.74, 6) is 0.203. The molecule has 3 aliphatic rings. The Morgan fingerprint density at radius 3 is 2.75 bits per heavy atom. The standard InChI is InChI=1S/C18H30N2O4/c1-23-15-6-5-13-24-18(15)8-11-19(12-9-18)17(22)14-20-10-4-2-3-7-16(20)21/h15H,2-14H2,1H3/t15-/m0/s1. The predicted molar refractivity (Wildman–Crippen MR) is 89.6 cm³/mol. The van der Waals surface area contributed by atoms with Crippen LogP contribution in [0.4, 0.5) is 0 Å². The molecule has 3 heterocycles. The molecule has 0 N–H and O–H groups in total. The van der Waals surface area contributed by atoms with Crippen molar-refractivity contribution in [3.05, 3.63) is 0 Å². The quantitative estimate of drug-likeness (QED) is 0.784. The molecule has 2 amide bonds. The van der Waals surface area contributed by atoms with E-state index >= 15 is 0 Å². The first-order chi connectivity index (χ1) is 11.6. The van der Waals surface area contributed by atoms with E-state index in [4.69, 9.17) is 9.47 Å². The molecular weight excluding hydrogens is 308 g/mol. The van der Waals surface area contributed by atoms with Gasteiger partial charge in [-0.15, -0.1) is 0 Å². The molecule has 1 spiro atoms. The van der Waals surface area contributed by atoms with Crippen LogP contribution in [0, 0.1) is 0 Å². The molecule has 1 atom stereocenters. The first-order valence-corrected chi connectivity index (χ1v) is 9.37. The van der Waals surface area contributed by atoms with Crippen LogP contribution in [0.5, 0.6) is 0 Å². The van der Waals surface area contributed by atoms with E-state index in [-0.39, 0.29) is 30.1 Å². The summed E-state index contributed by atoms with van der Waals surface area (Å²) in [6, 6.07) is 0. The van der Waals surface area contributed by atoms with E-state index in [0.717, 1.165) is 58.1 Å². The van der Waals surface area contributed by atoms with E-state index in [0.29, 0.717) is 19.5 Å². The predicted octanol–water partition coefficient (Wildman–Crippen LogP) is 1.58. The van der Waals surface area contributed by atoms with Gasteiger partial charge in [-0.3, -0.25) is 9.59 Å². The molecule has 0 aromatic heterocycles. The van der Waals surface area contributed by atoms with Gasteiger partial charge in [0.2, 0.25) is 11.8 Å². The van der Waals surface area contributed by atoms with Gasteiger partial charge in [0.15, 0.2) is 0 Å². The Balaban J connectivity index is 1.54. The minimum Gasteiger partial charge on any atom is -0.378 e. The fourth-order valence-electron chi connectivity index (χ4n) is 4.30. The van der Waals surface area contributed by atoms with Crippen molar-refractivity contribution in [3.63, 3.8) is 0 Å². The SMILES string of the molecule is CO[C@H]1CCCOC12CCN(C(=O)CN1CCCCCC1=O)CC2. The highest BCUT2D eigenvalue weighted by atomic mass is 16.5. The van der Waals surface area contributed by atoms with Crippen LogP contribution in [0.2, 0.25) is 0 Å². The van der Waals surface area contributed by atoms with E-state index in [2.05, 4.69) is 0 Å². The number of ether oxygens (including phenoxy) is 2. The second-order valence-corrected chi connectivity index (χ2v) is 7.29. The summed E-state index contributed by atoms with van der Waals surface area (Å²) >= 11 is 0. The maximum Gasteiger partial charge on any atom is 0.242 e. The minimum atomic E-state index is -0.220. The number of amides is 2. The highest BCUT2D eigenvalue weighted by Crippen LogP contribution is 2.36. The molecule has 3 rings (SSSR count). The van der Waals surface area contributed by atoms with Crippen molar-refractivity contribution in [2.75, 3.05) is 39.9 Å². The van der Waals surface area contributed by atoms with Gasteiger partial charge in [-0.05, 0) is 38.5 Å². The molecule has 0 aromatic carbocycles. The lowest BCUT2D eigenvalue weighted by atomic mass is 9.82. The smallest absolute Gasteiger partial charge is 0.242 e. The first kappa shape index (κ1) is 17.7. The van der Waals surface area contributed by atoms with Crippen molar-refractivity contribution in [2.45, 2.75) is 63.1 Å². The van der Waals surface area contributed by atoms with E-state index in [1.165, 1.54) is 0 Å². The fraction of sp³-hybridized carbons (Fsp3) is 0.889. The summed E-state index contributed by atoms with van der Waals surface area (Å²) in [7, 11) is 1.75. The monoisotopic (exact) mass is 338 g/mol. The highest BCUT2D eigenvalue weighted by Gasteiger charge is 2.45. The van der Waals surface area contributed by atoms with Crippen LogP contribution in [-0.2, 0) is 19.1 Å². The summed E-state index contributed by atoms with van der Waals surface area (Å²) in [4.78, 5) is 28.3. The molecule has 3 fully saturated rings. The lowest BCUT2D eigenvalue weighted by molar-refractivity contribution is -0.188. The molecule has 0 bridgehead atoms. The first-order valence-electron chi connectivity index (χ1n) is 9.37. The van der Waals surface area contributed by atoms with Gasteiger partial charge in [0.25, 0.3) is 0 Å². The van der Waals surface area contributed by atoms with Crippen LogP contribution in [0.25, 0.3) is 0 Å². The van der Waals surface area contributed by atoms with Crippen LogP contribution in [0.3, 0.4) is 0 Å². The minimum absolute atomic E-state index is 0.0740. The van der Waals surface area contributed by atoms with Crippen LogP contribution >= 0.6 is 0 Å². The zero-order valence-corrected chi connectivity index (χ0v) is 14.8. The third kappa shape index (κ3) is 3.75. The Morgan fingerprint density at radius 1 is 1.21 bits per heavy atom. The van der Waals surface area contributed by atoms with E-state index in [1.807, 2.05) is 4.90 Å². The topological polar surface area (TPSA) is 59.1 Å². The van der Waals surface area contributed by atoms with Crippen molar-refractivity contribution < 1.29 is 19.1 Å². The Bertz CT molecular complexity index is 460. The van der Waals surface area contributed by atoms with Gasteiger partial charge in [0, 0.05) is 39.8 Å². The summed E-state index contributed by atoms with van der Waals surface area (Å²) < 4.78 is 11.7. The van der Waals surface area contributed by atoms with E-state index < -0.39 is 0 Å². The lowest BCUT2D eigenvalue weighted by Gasteiger charge is -2.48. The Kier molecular flexibility index (Phi) is 5.76. The molecule has 0 radical (unpaired) electrons. The van der Waals surface area contributed by atoms with E-state index in [9.17, 15) is 9.59 Å². The lowest BCUT2D eigenvalue weighted by Crippen LogP contribution is -2.57. The zero-order chi connectivity index (χ0) is 17.0. The molecule has 6 heteroatoms. The molecule has 3 saturated heterocycles. The molecule has 136 valence electrons. The van der Waals surface area contributed by atoms with Crippen LogP contribution in [0.1, 0.15) is 51.4 Å². The number of rotatable bonds is 3. The molecule has 3 aliphatic heterocycles. The molecule has 0 saturated carbocycles. The second-order valence-electron chi connectivity index (χ2n) is 7.29. The maximum atomic E-state index is 12.6. The molecule has 6 nitrogen and oxygen atoms in total. The Hall–Kier alpha value is -1.14. The maximum absolute atomic E-state index is 12.6. The Labute approximate surface area is 144 Å². The highest BCUT2D eigenvalue weighted by molar-refractivity contribution is 5.85. The molecule has 0 unspecified atom stereocenters. The van der Waals surface area contributed by atoms with Gasteiger partial charge in [-0.1, -0.05) is 6.42 Å². The largest absolute Gasteiger partial charge is 0.378 e. The average Bonchev–Trinajstić information content (AvgIpc) is 2.80. The number of methoxy groups -OCH3 is 1. The van der Waals surface area contributed by atoms with Crippen molar-refractivity contribution in [3.8, 4) is 0 Å². The van der Waals surface area contributed by atoms with Crippen LogP contribution in [-0.4, -0.2) is 73.2 Å². The normalized spacial score (nSPS) is 28.0. The molecule has 0 aliphatic carbocycles. The molecule has 24 heavy (non-hydrogen) atoms. The van der Waals surface area contributed by atoms with E-state index in [1.54, 1.807) is 12.0 Å². The van der Waals surface area contributed by atoms with Crippen LogP contribution in [0.15, 0.2) is 0 Å². The average molecular weight is 338 g/mol. The number of piperidine rings is 1. The third-order valence-corrected chi connectivity index (χ3v) is 5.83. The van der Waals surface area contributed by atoms with Crippen molar-refractivity contribution in [1.82, 2.24) is 9.80 Å². The number of hydrogen-bond donors (Lipinski definition) is 0. The fourth-order valence-corrected chi connectivity index (χ4v) is 4.30. The van der Waals surface area contributed by atoms with Crippen molar-refractivity contribution >= 4 is 11.8 Å². The Morgan fingerprint density at radius 2 is 2.00 bits per heavy atom. The van der Waals surface area contributed by atoms with Crippen molar-refractivity contribution in [1.29, 1.82) is 0 Å². The number of likely N-dealkylation sites (tertiary alicyclic amines) is 2. The summed E-state index contributed by atoms with van der Waals surface area (Å²) in [5, 5.41) is 0. The van der Waals surface area contributed by atoms with Gasteiger partial charge >= 0.3 is 0 Å². The summed E-state index contributed by atoms with van der Waals surface area (Å²) in [5.41, 5.74) is -0.220. The third-order valence-electron chi connectivity index (χ3n) is 5.83. The van der Waals surface area contributed by atoms with Gasteiger partial charge in [0.1, 0.15) is 0 Å². The summed E-state index contributed by atoms with van der Waals surface area (Å²) in [6.45, 7) is 3.13. The number of hydrogen-bond acceptors (Lipinski definition) is 4.